The summed E-state index contributed by atoms with van der Waals surface area (Å²) in [6.07, 6.45) is 4.17. The van der Waals surface area contributed by atoms with E-state index >= 15 is 0 Å². The Morgan fingerprint density at radius 3 is 2.55 bits per heavy atom. The lowest BCUT2D eigenvalue weighted by atomic mass is 9.79. The van der Waals surface area contributed by atoms with Gasteiger partial charge in [0.1, 0.15) is 0 Å². The van der Waals surface area contributed by atoms with Gasteiger partial charge in [0.25, 0.3) is 11.8 Å². The first-order valence-electron chi connectivity index (χ1n) is 10.1. The number of carbonyl (C=O) groups excluding carboxylic acids is 3. The van der Waals surface area contributed by atoms with Crippen molar-refractivity contribution in [1.29, 1.82) is 0 Å². The predicted molar refractivity (Wildman–Crippen MR) is 114 cm³/mol. The molecule has 1 aromatic heterocycles. The molecule has 0 atom stereocenters. The van der Waals surface area contributed by atoms with Crippen molar-refractivity contribution in [1.82, 2.24) is 9.47 Å². The number of carbonyl (C=O) groups is 3. The second-order valence-electron chi connectivity index (χ2n) is 7.69. The highest BCUT2D eigenvalue weighted by atomic mass is 16.5. The molecule has 0 aliphatic carbocycles. The molecule has 5 rings (SSSR count). The van der Waals surface area contributed by atoms with E-state index in [9.17, 15) is 19.4 Å². The normalized spacial score (nSPS) is 14.9. The van der Waals surface area contributed by atoms with Gasteiger partial charge < -0.3 is 14.2 Å². The van der Waals surface area contributed by atoms with Gasteiger partial charge in [0.05, 0.1) is 17.7 Å². The Hall–Kier alpha value is -3.49. The Bertz CT molecular complexity index is 1180. The van der Waals surface area contributed by atoms with Gasteiger partial charge in [-0.15, -0.1) is 0 Å². The summed E-state index contributed by atoms with van der Waals surface area (Å²) in [6.45, 7) is 0.598. The third kappa shape index (κ3) is 3.39. The summed E-state index contributed by atoms with van der Waals surface area (Å²) in [5, 5.41) is 9.89. The highest BCUT2D eigenvalue weighted by Gasteiger charge is 2.34. The maximum atomic E-state index is 12.6. The Labute approximate surface area is 179 Å². The fraction of sp³-hybridized carbons (Fsp3) is 0.174. The molecule has 0 spiro atoms. The average Bonchev–Trinajstić information content (AvgIpc) is 3.48. The first-order chi connectivity index (χ1) is 15.0. The molecule has 154 valence electrons. The minimum absolute atomic E-state index is 0.0557. The second-order valence-corrected chi connectivity index (χ2v) is 7.69. The number of aromatic nitrogens is 1. The molecule has 0 fully saturated rings. The van der Waals surface area contributed by atoms with Crippen molar-refractivity contribution in [3.05, 3.63) is 83.2 Å². The summed E-state index contributed by atoms with van der Waals surface area (Å²) >= 11 is 0. The lowest BCUT2D eigenvalue weighted by molar-refractivity contribution is 0.0647. The molecule has 2 aromatic carbocycles. The van der Waals surface area contributed by atoms with E-state index in [1.165, 1.54) is 4.90 Å². The van der Waals surface area contributed by atoms with E-state index < -0.39 is 7.12 Å². The Kier molecular flexibility index (Phi) is 4.80. The van der Waals surface area contributed by atoms with E-state index in [0.29, 0.717) is 29.7 Å². The summed E-state index contributed by atoms with van der Waals surface area (Å²) < 4.78 is 7.04. The van der Waals surface area contributed by atoms with E-state index in [0.717, 1.165) is 16.7 Å². The smallest absolute Gasteiger partial charge is 0.423 e. The van der Waals surface area contributed by atoms with Gasteiger partial charge in [-0.3, -0.25) is 19.3 Å². The standard InChI is InChI=1S/C23H19BN2O5/c27-21(6-3-10-26-22(28)18-4-1-2-5-19(18)23(26)29)15-9-11-25(13-15)17-8-7-16-14-31-24(30)20(16)12-17/h1-2,4-5,7-9,11-13,30H,3,6,10,14H2. The van der Waals surface area contributed by atoms with E-state index in [-0.39, 0.29) is 30.6 Å². The van der Waals surface area contributed by atoms with Crippen LogP contribution in [-0.2, 0) is 11.3 Å². The highest BCUT2D eigenvalue weighted by Crippen LogP contribution is 2.23. The van der Waals surface area contributed by atoms with Crippen LogP contribution in [0.15, 0.2) is 60.9 Å². The molecule has 0 saturated carbocycles. The largest absolute Gasteiger partial charge is 0.491 e. The number of Topliss-reactive ketones (excluding diaryl/α,β-unsaturated/α-hetero) is 1. The van der Waals surface area contributed by atoms with Crippen LogP contribution in [0.4, 0.5) is 0 Å². The number of rotatable bonds is 6. The first kappa shape index (κ1) is 19.5. The molecule has 0 saturated heterocycles. The van der Waals surface area contributed by atoms with Crippen molar-refractivity contribution in [2.24, 2.45) is 0 Å². The van der Waals surface area contributed by atoms with Crippen molar-refractivity contribution >= 4 is 30.2 Å². The molecule has 0 bridgehead atoms. The molecular weight excluding hydrogens is 395 g/mol. The van der Waals surface area contributed by atoms with Crippen molar-refractivity contribution in [2.45, 2.75) is 19.4 Å². The zero-order valence-electron chi connectivity index (χ0n) is 16.7. The molecule has 31 heavy (non-hydrogen) atoms. The van der Waals surface area contributed by atoms with Gasteiger partial charge in [0.2, 0.25) is 0 Å². The molecule has 0 unspecified atom stereocenters. The van der Waals surface area contributed by atoms with Crippen molar-refractivity contribution in [3.63, 3.8) is 0 Å². The SMILES string of the molecule is O=C(CCCN1C(=O)c2ccccc2C1=O)c1ccn(-c2ccc3c(c2)B(O)OC3)c1. The number of ketones is 1. The maximum Gasteiger partial charge on any atom is 0.491 e. The van der Waals surface area contributed by atoms with Gasteiger partial charge >= 0.3 is 7.12 Å². The van der Waals surface area contributed by atoms with Gasteiger partial charge in [-0.05, 0) is 47.8 Å². The number of hydrogen-bond donors (Lipinski definition) is 1. The second kappa shape index (κ2) is 7.65. The van der Waals surface area contributed by atoms with Gasteiger partial charge in [-0.2, -0.15) is 0 Å². The lowest BCUT2D eigenvalue weighted by Gasteiger charge is -2.13. The number of fused-ring (bicyclic) bond motifs is 2. The molecule has 2 aliphatic rings. The van der Waals surface area contributed by atoms with Crippen molar-refractivity contribution in [2.75, 3.05) is 6.54 Å². The van der Waals surface area contributed by atoms with Crippen LogP contribution in [0.25, 0.3) is 5.69 Å². The number of nitrogens with zero attached hydrogens (tertiary/aromatic N) is 2. The lowest BCUT2D eigenvalue weighted by Crippen LogP contribution is -2.31. The zero-order valence-corrected chi connectivity index (χ0v) is 16.7. The summed E-state index contributed by atoms with van der Waals surface area (Å²) in [5.41, 5.74) is 3.91. The third-order valence-corrected chi connectivity index (χ3v) is 5.77. The average molecular weight is 414 g/mol. The first-order valence-corrected chi connectivity index (χ1v) is 10.1. The van der Waals surface area contributed by atoms with Crippen molar-refractivity contribution < 1.29 is 24.1 Å². The van der Waals surface area contributed by atoms with Gasteiger partial charge in [0, 0.05) is 36.6 Å². The van der Waals surface area contributed by atoms with Crippen LogP contribution in [0.1, 0.15) is 49.5 Å². The topological polar surface area (TPSA) is 88.8 Å². The minimum Gasteiger partial charge on any atom is -0.423 e. The highest BCUT2D eigenvalue weighted by molar-refractivity contribution is 6.61. The fourth-order valence-corrected chi connectivity index (χ4v) is 4.07. The Balaban J connectivity index is 1.22. The summed E-state index contributed by atoms with van der Waals surface area (Å²) in [6, 6.07) is 14.2. The number of benzene rings is 2. The molecule has 1 N–H and O–H groups in total. The van der Waals surface area contributed by atoms with Crippen LogP contribution in [0.3, 0.4) is 0 Å². The molecular formula is C23H19BN2O5. The van der Waals surface area contributed by atoms with E-state index in [1.807, 2.05) is 22.8 Å². The number of imide groups is 1. The molecule has 3 heterocycles. The van der Waals surface area contributed by atoms with Crippen LogP contribution in [0.5, 0.6) is 0 Å². The van der Waals surface area contributed by atoms with Crippen LogP contribution in [0.2, 0.25) is 0 Å². The van der Waals surface area contributed by atoms with E-state index in [2.05, 4.69) is 0 Å². The summed E-state index contributed by atoms with van der Waals surface area (Å²) in [7, 11) is -0.922. The summed E-state index contributed by atoms with van der Waals surface area (Å²) in [4.78, 5) is 38.6. The van der Waals surface area contributed by atoms with E-state index in [1.54, 1.807) is 42.7 Å². The van der Waals surface area contributed by atoms with Crippen LogP contribution in [0, 0.1) is 0 Å². The third-order valence-electron chi connectivity index (χ3n) is 5.77. The van der Waals surface area contributed by atoms with Gasteiger partial charge in [0.15, 0.2) is 5.78 Å². The minimum atomic E-state index is -0.922. The maximum absolute atomic E-state index is 12.6. The molecule has 8 heteroatoms. The van der Waals surface area contributed by atoms with E-state index in [4.69, 9.17) is 4.65 Å². The van der Waals surface area contributed by atoms with Crippen LogP contribution >= 0.6 is 0 Å². The zero-order chi connectivity index (χ0) is 21.5. The summed E-state index contributed by atoms with van der Waals surface area (Å²) in [5.74, 6) is -0.663. The molecule has 3 aromatic rings. The monoisotopic (exact) mass is 414 g/mol. The molecule has 7 nitrogen and oxygen atoms in total. The van der Waals surface area contributed by atoms with Crippen LogP contribution < -0.4 is 5.46 Å². The molecule has 0 radical (unpaired) electrons. The quantitative estimate of drug-likeness (QED) is 0.379. The molecule has 2 aliphatic heterocycles. The van der Waals surface area contributed by atoms with Gasteiger partial charge in [-0.1, -0.05) is 18.2 Å². The Morgan fingerprint density at radius 1 is 1.06 bits per heavy atom. The number of amides is 2. The van der Waals surface area contributed by atoms with Crippen molar-refractivity contribution in [3.8, 4) is 5.69 Å². The Morgan fingerprint density at radius 2 is 1.81 bits per heavy atom. The molecule has 2 amide bonds. The number of hydrogen-bond acceptors (Lipinski definition) is 5. The predicted octanol–water partition coefficient (Wildman–Crippen LogP) is 1.95. The van der Waals surface area contributed by atoms with Gasteiger partial charge in [-0.25, -0.2) is 0 Å². The van der Waals surface area contributed by atoms with Crippen LogP contribution in [-0.4, -0.2) is 45.8 Å². The fourth-order valence-electron chi connectivity index (χ4n) is 4.07.